The van der Waals surface area contributed by atoms with Crippen molar-refractivity contribution in [3.05, 3.63) is 38.0 Å². The molecule has 58 heavy (non-hydrogen) atoms. The lowest BCUT2D eigenvalue weighted by atomic mass is 9.84. The monoisotopic (exact) mass is 912 g/mol. The van der Waals surface area contributed by atoms with Crippen LogP contribution in [-0.2, 0) is 42.8 Å². The van der Waals surface area contributed by atoms with Crippen LogP contribution in [0, 0.1) is 5.41 Å². The molecule has 3 atom stereocenters. The van der Waals surface area contributed by atoms with Gasteiger partial charge in [-0.3, -0.25) is 9.47 Å². The molecule has 0 bridgehead atoms. The van der Waals surface area contributed by atoms with Crippen molar-refractivity contribution in [2.24, 2.45) is 5.41 Å². The Bertz CT molecular complexity index is 1450. The first-order valence-corrected chi connectivity index (χ1v) is 13.7. The van der Waals surface area contributed by atoms with Gasteiger partial charge in [-0.2, -0.15) is 92.2 Å². The molecule has 0 aliphatic carbocycles. The fourth-order valence-corrected chi connectivity index (χ4v) is 3.26. The third-order valence-electron chi connectivity index (χ3n) is 6.73. The molecule has 0 heterocycles. The minimum Gasteiger partial charge on any atom is -0.460 e. The van der Waals surface area contributed by atoms with Gasteiger partial charge in [-0.25, -0.2) is 23.2 Å². The zero-order valence-electron chi connectivity index (χ0n) is 27.4. The molecular weight excluding hydrogens is 893 g/mol. The van der Waals surface area contributed by atoms with Gasteiger partial charge < -0.3 is 18.9 Å². The summed E-state index contributed by atoms with van der Waals surface area (Å²) in [6, 6.07) is 0. The molecule has 0 aliphatic heterocycles. The van der Waals surface area contributed by atoms with E-state index >= 15 is 35.1 Å². The predicted octanol–water partition coefficient (Wildman–Crippen LogP) is 8.30. The molecule has 0 fully saturated rings. The molecule has 32 heteroatoms. The molecule has 9 nitrogen and oxygen atoms in total. The lowest BCUT2D eigenvalue weighted by molar-refractivity contribution is -0.550. The molecule has 0 aromatic rings. The molecule has 0 aromatic carbocycles. The van der Waals surface area contributed by atoms with Crippen molar-refractivity contribution in [1.29, 1.82) is 0 Å². The van der Waals surface area contributed by atoms with E-state index in [9.17, 15) is 80.2 Å². The van der Waals surface area contributed by atoms with Crippen LogP contribution < -0.4 is 0 Å². The maximum atomic E-state index is 15.7. The van der Waals surface area contributed by atoms with Crippen LogP contribution >= 0.6 is 0 Å². The summed E-state index contributed by atoms with van der Waals surface area (Å²) in [5.41, 5.74) is -7.71. The SMILES string of the molecule is C=CC(=O)OCC(OC(F)(F)C(C)(C(F)(F)OC(F)(COC(=O)C=C)C(F)(F)C(F)(F)F)C(F)(F)OC(F)(COC(=O)C=C)C(F)(F)C(F)(F)F)C(F)(F)C(F)(F)F. The largest absolute Gasteiger partial charge is 0.460 e. The van der Waals surface area contributed by atoms with Crippen LogP contribution in [0.5, 0.6) is 0 Å². The summed E-state index contributed by atoms with van der Waals surface area (Å²) in [4.78, 5) is 33.6. The maximum Gasteiger partial charge on any atom is 0.459 e. The van der Waals surface area contributed by atoms with Crippen LogP contribution in [0.4, 0.5) is 101 Å². The average Bonchev–Trinajstić information content (AvgIpc) is 3.04. The molecule has 0 amide bonds. The normalized spacial score (nSPS) is 17.8. The number of carbonyl (C=O) groups is 3. The van der Waals surface area contributed by atoms with Crippen LogP contribution in [0.25, 0.3) is 0 Å². The van der Waals surface area contributed by atoms with Gasteiger partial charge in [0.1, 0.15) is 6.61 Å². The van der Waals surface area contributed by atoms with E-state index < -0.39 is 123 Å². The van der Waals surface area contributed by atoms with Crippen LogP contribution in [-0.4, -0.2) is 110 Å². The standard InChI is InChI=1S/C26H19F23O9/c1-5-12(50)53-8-11(18(29,30)21(35,36)37)56-24(44,45)15(4,25(46,47)57-16(27,9-54-13(51)6-2)19(31,32)22(38,39)40)26(48,49)58-17(28,10-55-14(52)7-3)20(33,34)23(41,42)43/h5-7,11H,1-3,8-10H2,4H3. The van der Waals surface area contributed by atoms with E-state index in [1.54, 1.807) is 0 Å². The van der Waals surface area contributed by atoms with Crippen molar-refractivity contribution >= 4 is 17.9 Å². The fourth-order valence-electron chi connectivity index (χ4n) is 3.26. The first-order chi connectivity index (χ1) is 25.4. The van der Waals surface area contributed by atoms with Crippen molar-refractivity contribution in [3.8, 4) is 0 Å². The Hall–Kier alpha value is -4.10. The third-order valence-corrected chi connectivity index (χ3v) is 6.73. The number of halogens is 23. The second kappa shape index (κ2) is 16.9. The Balaban J connectivity index is 8.56. The van der Waals surface area contributed by atoms with E-state index in [2.05, 4.69) is 48.2 Å². The van der Waals surface area contributed by atoms with Crippen LogP contribution in [0.3, 0.4) is 0 Å². The molecule has 3 unspecified atom stereocenters. The lowest BCUT2D eigenvalue weighted by Crippen LogP contribution is -2.72. The molecule has 0 spiro atoms. The topological polar surface area (TPSA) is 107 Å². The highest BCUT2D eigenvalue weighted by atomic mass is 19.4. The lowest BCUT2D eigenvalue weighted by Gasteiger charge is -2.49. The summed E-state index contributed by atoms with van der Waals surface area (Å²) in [6.45, 7) is -5.42. The maximum absolute atomic E-state index is 15.7. The van der Waals surface area contributed by atoms with Crippen molar-refractivity contribution in [2.45, 2.75) is 79.4 Å². The van der Waals surface area contributed by atoms with Gasteiger partial charge in [0.15, 0.2) is 19.3 Å². The number of rotatable bonds is 21. The summed E-state index contributed by atoms with van der Waals surface area (Å²) >= 11 is 0. The molecule has 0 saturated heterocycles. The smallest absolute Gasteiger partial charge is 0.459 e. The predicted molar refractivity (Wildman–Crippen MR) is 134 cm³/mol. The van der Waals surface area contributed by atoms with Crippen molar-refractivity contribution in [1.82, 2.24) is 0 Å². The average molecular weight is 912 g/mol. The van der Waals surface area contributed by atoms with E-state index in [4.69, 9.17) is 0 Å². The van der Waals surface area contributed by atoms with E-state index in [-0.39, 0.29) is 18.2 Å². The van der Waals surface area contributed by atoms with Crippen LogP contribution in [0.2, 0.25) is 0 Å². The third kappa shape index (κ3) is 10.4. The molecule has 338 valence electrons. The van der Waals surface area contributed by atoms with E-state index in [1.165, 1.54) is 0 Å². The van der Waals surface area contributed by atoms with Crippen LogP contribution in [0.1, 0.15) is 6.92 Å². The molecular formula is C26H19F23O9. The number of carbonyl (C=O) groups excluding carboxylic acids is 3. The van der Waals surface area contributed by atoms with E-state index in [1.807, 2.05) is 0 Å². The second-order valence-corrected chi connectivity index (χ2v) is 10.7. The Morgan fingerprint density at radius 2 is 0.776 bits per heavy atom. The number of hydrogen-bond donors (Lipinski definition) is 0. The number of ether oxygens (including phenoxy) is 6. The molecule has 0 saturated carbocycles. The number of alkyl halides is 23. The minimum atomic E-state index is -8.23. The van der Waals surface area contributed by atoms with Gasteiger partial charge in [0, 0.05) is 18.2 Å². The van der Waals surface area contributed by atoms with E-state index in [0.29, 0.717) is 0 Å². The van der Waals surface area contributed by atoms with Crippen LogP contribution in [0.15, 0.2) is 38.0 Å². The molecule has 0 radical (unpaired) electrons. The highest BCUT2D eigenvalue weighted by molar-refractivity contribution is 5.81. The van der Waals surface area contributed by atoms with Gasteiger partial charge >= 0.3 is 84.2 Å². The zero-order chi connectivity index (χ0) is 46.8. The van der Waals surface area contributed by atoms with Gasteiger partial charge in [0.2, 0.25) is 5.41 Å². The summed E-state index contributed by atoms with van der Waals surface area (Å²) < 4.78 is 346. The first-order valence-electron chi connectivity index (χ1n) is 13.7. The van der Waals surface area contributed by atoms with Gasteiger partial charge in [-0.1, -0.05) is 19.7 Å². The van der Waals surface area contributed by atoms with Gasteiger partial charge in [0.25, 0.3) is 0 Å². The Kier molecular flexibility index (Phi) is 15.7. The summed E-state index contributed by atoms with van der Waals surface area (Å²) in [6.07, 6.45) is -53.6. The second-order valence-electron chi connectivity index (χ2n) is 10.7. The van der Waals surface area contributed by atoms with Crippen molar-refractivity contribution in [2.75, 3.05) is 19.8 Å². The molecule has 0 aliphatic rings. The summed E-state index contributed by atoms with van der Waals surface area (Å²) in [7, 11) is 0. The molecule has 0 aromatic heterocycles. The molecule has 0 rings (SSSR count). The Labute approximate surface area is 305 Å². The zero-order valence-corrected chi connectivity index (χ0v) is 27.4. The minimum absolute atomic E-state index is 0.212. The van der Waals surface area contributed by atoms with Crippen molar-refractivity contribution < 1.29 is 144 Å². The summed E-state index contributed by atoms with van der Waals surface area (Å²) in [5.74, 6) is -44.5. The number of esters is 3. The van der Waals surface area contributed by atoms with E-state index in [0.717, 1.165) is 0 Å². The summed E-state index contributed by atoms with van der Waals surface area (Å²) in [5, 5.41) is 0. The van der Waals surface area contributed by atoms with Gasteiger partial charge in [0.05, 0.1) is 0 Å². The first kappa shape index (κ1) is 53.9. The quantitative estimate of drug-likeness (QED) is 0.0487. The number of hydrogen-bond acceptors (Lipinski definition) is 9. The highest BCUT2D eigenvalue weighted by Gasteiger charge is 2.88. The Morgan fingerprint density at radius 3 is 1.03 bits per heavy atom. The van der Waals surface area contributed by atoms with Gasteiger partial charge in [-0.15, -0.1) is 0 Å². The van der Waals surface area contributed by atoms with Gasteiger partial charge in [-0.05, 0) is 6.92 Å². The molecule has 0 N–H and O–H groups in total. The fraction of sp³-hybridized carbons (Fsp3) is 0.654. The van der Waals surface area contributed by atoms with Crippen molar-refractivity contribution in [3.63, 3.8) is 0 Å². The highest BCUT2D eigenvalue weighted by Crippen LogP contribution is 2.64. The Morgan fingerprint density at radius 1 is 0.483 bits per heavy atom.